The number of imidazole rings is 1. The third kappa shape index (κ3) is 3.91. The Morgan fingerprint density at radius 3 is 2.39 bits per heavy atom. The minimum atomic E-state index is -1.46. The SMILES string of the molecule is CCCCOc1ccc(-c2cn3nc(-c4ccc(C(O)O)cc4)sc3n2)cc1. The second kappa shape index (κ2) is 8.10. The van der Waals surface area contributed by atoms with E-state index in [4.69, 9.17) is 4.74 Å². The molecular weight excluding hydrogens is 374 g/mol. The molecule has 28 heavy (non-hydrogen) atoms. The van der Waals surface area contributed by atoms with Gasteiger partial charge in [-0.1, -0.05) is 48.9 Å². The van der Waals surface area contributed by atoms with E-state index in [1.165, 1.54) is 11.3 Å². The first-order valence-electron chi connectivity index (χ1n) is 9.20. The molecule has 0 unspecified atom stereocenters. The van der Waals surface area contributed by atoms with Crippen LogP contribution < -0.4 is 4.74 Å². The first-order valence-corrected chi connectivity index (χ1v) is 10.0. The summed E-state index contributed by atoms with van der Waals surface area (Å²) in [6, 6.07) is 15.0. The van der Waals surface area contributed by atoms with Gasteiger partial charge in [-0.2, -0.15) is 5.10 Å². The fourth-order valence-corrected chi connectivity index (χ4v) is 3.70. The van der Waals surface area contributed by atoms with Crippen molar-refractivity contribution in [3.8, 4) is 27.6 Å². The standard InChI is InChI=1S/C21H21N3O3S/c1-2-3-12-27-17-10-8-14(9-11-17)18-13-24-21(22-18)28-19(23-24)15-4-6-16(7-5-15)20(25)26/h4-11,13,20,25-26H,2-3,12H2,1H3. The Bertz CT molecular complexity index is 1020. The van der Waals surface area contributed by atoms with Crippen molar-refractivity contribution in [3.63, 3.8) is 0 Å². The molecule has 0 amide bonds. The number of aliphatic hydroxyl groups is 2. The molecule has 4 aromatic rings. The summed E-state index contributed by atoms with van der Waals surface area (Å²) in [6.45, 7) is 2.88. The molecule has 0 aliphatic heterocycles. The molecule has 0 aliphatic carbocycles. The van der Waals surface area contributed by atoms with Gasteiger partial charge in [0.1, 0.15) is 10.8 Å². The third-order valence-corrected chi connectivity index (χ3v) is 5.39. The molecule has 0 radical (unpaired) electrons. The van der Waals surface area contributed by atoms with Crippen molar-refractivity contribution in [3.05, 3.63) is 60.3 Å². The van der Waals surface area contributed by atoms with Crippen molar-refractivity contribution in [1.29, 1.82) is 0 Å². The van der Waals surface area contributed by atoms with Crippen LogP contribution in [0.4, 0.5) is 0 Å². The van der Waals surface area contributed by atoms with Crippen LogP contribution in [0.1, 0.15) is 31.6 Å². The number of aliphatic hydroxyl groups excluding tert-OH is 1. The molecule has 0 fully saturated rings. The van der Waals surface area contributed by atoms with E-state index >= 15 is 0 Å². The second-order valence-electron chi connectivity index (χ2n) is 6.48. The van der Waals surface area contributed by atoms with E-state index in [0.717, 1.165) is 52.0 Å². The Morgan fingerprint density at radius 1 is 1.04 bits per heavy atom. The van der Waals surface area contributed by atoms with E-state index in [1.807, 2.05) is 42.6 Å². The van der Waals surface area contributed by atoms with Crippen molar-refractivity contribution >= 4 is 16.3 Å². The van der Waals surface area contributed by atoms with Gasteiger partial charge in [-0.25, -0.2) is 9.50 Å². The molecule has 0 spiro atoms. The number of fused-ring (bicyclic) bond motifs is 1. The molecule has 4 rings (SSSR count). The summed E-state index contributed by atoms with van der Waals surface area (Å²) < 4.78 is 7.48. The van der Waals surface area contributed by atoms with Crippen molar-refractivity contribution in [2.45, 2.75) is 26.1 Å². The summed E-state index contributed by atoms with van der Waals surface area (Å²) in [5.41, 5.74) is 3.25. The number of unbranched alkanes of at least 4 members (excludes halogenated alkanes) is 1. The van der Waals surface area contributed by atoms with E-state index in [1.54, 1.807) is 16.6 Å². The predicted octanol–water partition coefficient (Wildman–Crippen LogP) is 4.29. The second-order valence-corrected chi connectivity index (χ2v) is 7.44. The summed E-state index contributed by atoms with van der Waals surface area (Å²) >= 11 is 1.49. The maximum absolute atomic E-state index is 9.20. The van der Waals surface area contributed by atoms with Gasteiger partial charge < -0.3 is 14.9 Å². The number of ether oxygens (including phenoxy) is 1. The lowest BCUT2D eigenvalue weighted by Crippen LogP contribution is -1.95. The monoisotopic (exact) mass is 395 g/mol. The Labute approximate surface area is 166 Å². The van der Waals surface area contributed by atoms with Gasteiger partial charge in [0.25, 0.3) is 0 Å². The highest BCUT2D eigenvalue weighted by Gasteiger charge is 2.12. The van der Waals surface area contributed by atoms with Crippen LogP contribution in [0.2, 0.25) is 0 Å². The van der Waals surface area contributed by atoms with E-state index in [0.29, 0.717) is 5.56 Å². The molecule has 144 valence electrons. The fraction of sp³-hybridized carbons (Fsp3) is 0.238. The van der Waals surface area contributed by atoms with Gasteiger partial charge in [0, 0.05) is 16.7 Å². The zero-order chi connectivity index (χ0) is 19.5. The maximum atomic E-state index is 9.20. The molecule has 0 saturated heterocycles. The maximum Gasteiger partial charge on any atom is 0.213 e. The van der Waals surface area contributed by atoms with Crippen LogP contribution in [0.5, 0.6) is 5.75 Å². The third-order valence-electron chi connectivity index (χ3n) is 4.42. The number of rotatable bonds is 7. The van der Waals surface area contributed by atoms with Crippen LogP contribution in [0.3, 0.4) is 0 Å². The van der Waals surface area contributed by atoms with Gasteiger partial charge in [-0.3, -0.25) is 0 Å². The summed E-state index contributed by atoms with van der Waals surface area (Å²) in [6.07, 6.45) is 2.62. The summed E-state index contributed by atoms with van der Waals surface area (Å²) in [5, 5.41) is 23.8. The highest BCUT2D eigenvalue weighted by atomic mass is 32.1. The number of aromatic nitrogens is 3. The van der Waals surface area contributed by atoms with Gasteiger partial charge >= 0.3 is 0 Å². The molecule has 7 heteroatoms. The van der Waals surface area contributed by atoms with Crippen molar-refractivity contribution in [1.82, 2.24) is 14.6 Å². The zero-order valence-electron chi connectivity index (χ0n) is 15.4. The van der Waals surface area contributed by atoms with Crippen LogP contribution in [0, 0.1) is 0 Å². The molecule has 2 heterocycles. The Hall–Kier alpha value is -2.74. The predicted molar refractivity (Wildman–Crippen MR) is 109 cm³/mol. The zero-order valence-corrected chi connectivity index (χ0v) is 16.3. The largest absolute Gasteiger partial charge is 0.494 e. The first kappa shape index (κ1) is 18.6. The number of hydrogen-bond donors (Lipinski definition) is 2. The van der Waals surface area contributed by atoms with Crippen LogP contribution in [0.25, 0.3) is 26.8 Å². The quantitative estimate of drug-likeness (QED) is 0.360. The lowest BCUT2D eigenvalue weighted by atomic mass is 10.1. The molecule has 6 nitrogen and oxygen atoms in total. The molecule has 2 aromatic heterocycles. The van der Waals surface area contributed by atoms with Gasteiger partial charge in [0.05, 0.1) is 18.5 Å². The lowest BCUT2D eigenvalue weighted by molar-refractivity contribution is -0.0424. The van der Waals surface area contributed by atoms with E-state index in [2.05, 4.69) is 17.0 Å². The van der Waals surface area contributed by atoms with Gasteiger partial charge in [0.2, 0.25) is 4.96 Å². The minimum absolute atomic E-state index is 0.453. The van der Waals surface area contributed by atoms with Crippen molar-refractivity contribution < 1.29 is 14.9 Å². The average Bonchev–Trinajstić information content (AvgIpc) is 3.28. The normalized spacial score (nSPS) is 11.4. The average molecular weight is 395 g/mol. The summed E-state index contributed by atoms with van der Waals surface area (Å²) in [7, 11) is 0. The molecule has 0 aliphatic rings. The summed E-state index contributed by atoms with van der Waals surface area (Å²) in [5.74, 6) is 0.870. The van der Waals surface area contributed by atoms with Crippen LogP contribution in [0.15, 0.2) is 54.7 Å². The van der Waals surface area contributed by atoms with Crippen LogP contribution in [-0.2, 0) is 0 Å². The van der Waals surface area contributed by atoms with Gasteiger partial charge in [-0.05, 0) is 30.7 Å². The lowest BCUT2D eigenvalue weighted by Gasteiger charge is -2.05. The van der Waals surface area contributed by atoms with Crippen molar-refractivity contribution in [2.75, 3.05) is 6.61 Å². The van der Waals surface area contributed by atoms with E-state index in [-0.39, 0.29) is 0 Å². The molecule has 0 saturated carbocycles. The Morgan fingerprint density at radius 2 is 1.75 bits per heavy atom. The van der Waals surface area contributed by atoms with E-state index < -0.39 is 6.29 Å². The number of benzene rings is 2. The topological polar surface area (TPSA) is 79.9 Å². The van der Waals surface area contributed by atoms with Gasteiger partial charge in [0.15, 0.2) is 6.29 Å². The Balaban J connectivity index is 1.52. The molecule has 2 aromatic carbocycles. The van der Waals surface area contributed by atoms with Crippen LogP contribution in [-0.4, -0.2) is 31.4 Å². The first-order chi connectivity index (χ1) is 13.6. The Kier molecular flexibility index (Phi) is 5.38. The minimum Gasteiger partial charge on any atom is -0.494 e. The molecule has 2 N–H and O–H groups in total. The fourth-order valence-electron chi connectivity index (χ4n) is 2.81. The molecular formula is C21H21N3O3S. The molecule has 0 atom stereocenters. The number of nitrogens with zero attached hydrogens (tertiary/aromatic N) is 3. The van der Waals surface area contributed by atoms with Crippen LogP contribution >= 0.6 is 11.3 Å². The smallest absolute Gasteiger partial charge is 0.213 e. The highest BCUT2D eigenvalue weighted by Crippen LogP contribution is 2.29. The molecule has 0 bridgehead atoms. The highest BCUT2D eigenvalue weighted by molar-refractivity contribution is 7.19. The van der Waals surface area contributed by atoms with E-state index in [9.17, 15) is 10.2 Å². The number of hydrogen-bond acceptors (Lipinski definition) is 6. The van der Waals surface area contributed by atoms with Crippen molar-refractivity contribution in [2.24, 2.45) is 0 Å². The van der Waals surface area contributed by atoms with Gasteiger partial charge in [-0.15, -0.1) is 0 Å². The summed E-state index contributed by atoms with van der Waals surface area (Å²) in [4.78, 5) is 5.48.